The molecule has 0 aromatic carbocycles. The van der Waals surface area contributed by atoms with Crippen molar-refractivity contribution in [2.75, 3.05) is 39.5 Å². The second-order valence-electron chi connectivity index (χ2n) is 11.7. The van der Waals surface area contributed by atoms with Gasteiger partial charge in [0.05, 0.1) is 18.1 Å². The van der Waals surface area contributed by atoms with Crippen molar-refractivity contribution in [3.63, 3.8) is 0 Å². The lowest BCUT2D eigenvalue weighted by Crippen LogP contribution is -2.55. The Morgan fingerprint density at radius 1 is 1.18 bits per heavy atom. The third kappa shape index (κ3) is 5.86. The lowest BCUT2D eigenvalue weighted by molar-refractivity contribution is -0.147. The maximum absolute atomic E-state index is 13.8. The van der Waals surface area contributed by atoms with E-state index in [1.54, 1.807) is 0 Å². The molecule has 2 saturated heterocycles. The van der Waals surface area contributed by atoms with Crippen molar-refractivity contribution in [1.82, 2.24) is 14.8 Å². The van der Waals surface area contributed by atoms with E-state index in [2.05, 4.69) is 39.6 Å². The molecule has 1 spiro atoms. The number of likely N-dealkylation sites (tertiary alicyclic amines) is 1. The van der Waals surface area contributed by atoms with E-state index < -0.39 is 5.41 Å². The van der Waals surface area contributed by atoms with Gasteiger partial charge in [-0.25, -0.2) is 4.98 Å². The first-order valence-corrected chi connectivity index (χ1v) is 15.2. The number of carbonyl (C=O) groups excluding carboxylic acids is 1. The molecule has 2 bridgehead atoms. The summed E-state index contributed by atoms with van der Waals surface area (Å²) in [6.07, 6.45) is 21.5. The lowest BCUT2D eigenvalue weighted by atomic mass is 9.68. The molecular formula is C33H42N4O3. The second kappa shape index (κ2) is 12.2. The molecule has 7 nitrogen and oxygen atoms in total. The van der Waals surface area contributed by atoms with Crippen LogP contribution in [0.3, 0.4) is 0 Å². The average Bonchev–Trinajstić information content (AvgIpc) is 3.85. The molecule has 1 unspecified atom stereocenters. The van der Waals surface area contributed by atoms with Gasteiger partial charge in [0.15, 0.2) is 0 Å². The monoisotopic (exact) mass is 542 g/mol. The smallest absolute Gasteiger partial charge is 0.234 e. The molecule has 1 atom stereocenters. The zero-order chi connectivity index (χ0) is 27.4. The summed E-state index contributed by atoms with van der Waals surface area (Å²) in [6.45, 7) is 9.53. The van der Waals surface area contributed by atoms with Crippen LogP contribution in [0.2, 0.25) is 0 Å². The summed E-state index contributed by atoms with van der Waals surface area (Å²) >= 11 is 0. The minimum atomic E-state index is -0.442. The fraction of sp³-hybridized carbons (Fsp3) is 0.545. The Balaban J connectivity index is 1.12. The zero-order valence-corrected chi connectivity index (χ0v) is 23.6. The third-order valence-corrected chi connectivity index (χ3v) is 9.07. The quantitative estimate of drug-likeness (QED) is 0.239. The highest BCUT2D eigenvalue weighted by Crippen LogP contribution is 2.49. The van der Waals surface area contributed by atoms with E-state index in [0.717, 1.165) is 55.5 Å². The van der Waals surface area contributed by atoms with Gasteiger partial charge >= 0.3 is 0 Å². The molecule has 7 heteroatoms. The average molecular weight is 543 g/mol. The molecular weight excluding hydrogens is 500 g/mol. The third-order valence-electron chi connectivity index (χ3n) is 9.07. The number of amides is 1. The van der Waals surface area contributed by atoms with Crippen molar-refractivity contribution in [2.45, 2.75) is 69.9 Å². The summed E-state index contributed by atoms with van der Waals surface area (Å²) < 4.78 is 11.6. The number of fused-ring (bicyclic) bond motifs is 2. The van der Waals surface area contributed by atoms with Crippen molar-refractivity contribution < 1.29 is 14.3 Å². The van der Waals surface area contributed by atoms with Crippen LogP contribution >= 0.6 is 0 Å². The number of ether oxygens (including phenoxy) is 2. The fourth-order valence-corrected chi connectivity index (χ4v) is 6.59. The van der Waals surface area contributed by atoms with Gasteiger partial charge in [0.1, 0.15) is 0 Å². The molecule has 1 saturated carbocycles. The van der Waals surface area contributed by atoms with Crippen molar-refractivity contribution in [2.24, 2.45) is 10.4 Å². The van der Waals surface area contributed by atoms with Crippen LogP contribution in [0.25, 0.3) is 5.57 Å². The summed E-state index contributed by atoms with van der Waals surface area (Å²) in [7, 11) is 0. The molecule has 1 aliphatic carbocycles. The molecule has 6 rings (SSSR count). The first kappa shape index (κ1) is 27.2. The highest BCUT2D eigenvalue weighted by Gasteiger charge is 2.53. The number of hydrogen-bond acceptors (Lipinski definition) is 6. The van der Waals surface area contributed by atoms with Gasteiger partial charge in [-0.05, 0) is 75.8 Å². The zero-order valence-electron chi connectivity index (χ0n) is 23.6. The lowest BCUT2D eigenvalue weighted by Gasteiger charge is -2.46. The van der Waals surface area contributed by atoms with E-state index in [4.69, 9.17) is 14.5 Å². The Bertz CT molecular complexity index is 1200. The van der Waals surface area contributed by atoms with Crippen molar-refractivity contribution in [3.8, 4) is 5.88 Å². The van der Waals surface area contributed by atoms with Gasteiger partial charge in [-0.2, -0.15) is 0 Å². The van der Waals surface area contributed by atoms with Gasteiger partial charge < -0.3 is 19.3 Å². The molecule has 3 fully saturated rings. The highest BCUT2D eigenvalue weighted by atomic mass is 16.5. The van der Waals surface area contributed by atoms with Gasteiger partial charge in [0.2, 0.25) is 11.8 Å². The Labute approximate surface area is 238 Å². The predicted octanol–water partition coefficient (Wildman–Crippen LogP) is 5.36. The summed E-state index contributed by atoms with van der Waals surface area (Å²) in [5.74, 6) is 0.944. The molecule has 1 aromatic heterocycles. The van der Waals surface area contributed by atoms with Gasteiger partial charge in [0.25, 0.3) is 0 Å². The van der Waals surface area contributed by atoms with Crippen molar-refractivity contribution in [3.05, 3.63) is 66.0 Å². The molecule has 212 valence electrons. The van der Waals surface area contributed by atoms with E-state index in [-0.39, 0.29) is 11.9 Å². The molecule has 1 amide bonds. The molecule has 5 heterocycles. The van der Waals surface area contributed by atoms with E-state index in [1.807, 2.05) is 30.6 Å². The Morgan fingerprint density at radius 2 is 2.00 bits per heavy atom. The van der Waals surface area contributed by atoms with Crippen molar-refractivity contribution in [1.29, 1.82) is 0 Å². The first-order valence-electron chi connectivity index (χ1n) is 15.2. The summed E-state index contributed by atoms with van der Waals surface area (Å²) in [6, 6.07) is 4.28. The summed E-state index contributed by atoms with van der Waals surface area (Å²) in [5.41, 5.74) is 3.70. The second-order valence-corrected chi connectivity index (χ2v) is 11.7. The number of aliphatic imine (C=N–C) groups is 1. The summed E-state index contributed by atoms with van der Waals surface area (Å²) in [4.78, 5) is 27.9. The van der Waals surface area contributed by atoms with Crippen LogP contribution < -0.4 is 4.74 Å². The largest absolute Gasteiger partial charge is 0.478 e. The predicted molar refractivity (Wildman–Crippen MR) is 158 cm³/mol. The maximum Gasteiger partial charge on any atom is 0.234 e. The number of hydrogen-bond donors (Lipinski definition) is 0. The molecule has 0 N–H and O–H groups in total. The fourth-order valence-electron chi connectivity index (χ4n) is 6.59. The van der Waals surface area contributed by atoms with E-state index in [1.165, 1.54) is 37.9 Å². The number of pyridine rings is 1. The molecule has 1 aromatic rings. The van der Waals surface area contributed by atoms with Crippen LogP contribution in [-0.4, -0.2) is 78.4 Å². The van der Waals surface area contributed by atoms with Crippen LogP contribution in [0.4, 0.5) is 0 Å². The minimum Gasteiger partial charge on any atom is -0.478 e. The Kier molecular flexibility index (Phi) is 8.30. The summed E-state index contributed by atoms with van der Waals surface area (Å²) in [5, 5.41) is 0. The van der Waals surface area contributed by atoms with E-state index >= 15 is 0 Å². The number of allylic oxidation sites excluding steroid dienone is 5. The van der Waals surface area contributed by atoms with Gasteiger partial charge in [0, 0.05) is 62.0 Å². The van der Waals surface area contributed by atoms with Gasteiger partial charge in [-0.1, -0.05) is 36.8 Å². The standard InChI is InChI=1S/C33H42N4O3/c1-2-25(26-8-12-31(35-23-26)40-18-6-17-36-15-4-3-5-16-36)7-9-28-21-27-22-30(24-34-28)37(29-10-11-29)32(38)33(27)13-19-39-20-14-33/h2,7-9,12,22-24,29-30H,1,3-6,10-11,13-21H2/b25-7+,28-9+. The Hall–Kier alpha value is -3.03. The number of nitrogens with zero attached hydrogens (tertiary/aromatic N) is 4. The van der Waals surface area contributed by atoms with Crippen LogP contribution in [0.15, 0.2) is 65.5 Å². The van der Waals surface area contributed by atoms with Crippen LogP contribution in [-0.2, 0) is 9.53 Å². The van der Waals surface area contributed by atoms with Crippen LogP contribution in [0.5, 0.6) is 5.88 Å². The molecule has 40 heavy (non-hydrogen) atoms. The number of aromatic nitrogens is 1. The van der Waals surface area contributed by atoms with Gasteiger partial charge in [-0.15, -0.1) is 0 Å². The van der Waals surface area contributed by atoms with Gasteiger partial charge in [-0.3, -0.25) is 9.79 Å². The molecule has 0 radical (unpaired) electrons. The number of carbonyl (C=O) groups is 1. The number of rotatable bonds is 9. The number of piperidine rings is 1. The molecule has 5 aliphatic rings. The van der Waals surface area contributed by atoms with Crippen molar-refractivity contribution >= 4 is 17.7 Å². The van der Waals surface area contributed by atoms with Crippen LogP contribution in [0.1, 0.15) is 63.4 Å². The van der Waals surface area contributed by atoms with Crippen LogP contribution in [0, 0.1) is 5.41 Å². The first-order chi connectivity index (χ1) is 19.7. The SMILES string of the molecule is C=C/C(=C\C=C1/CC2=CC(C=N1)N(C1CC1)C(=O)C21CCOCC1)c1ccc(OCCCN2CCCCC2)nc1. The maximum atomic E-state index is 13.8. The minimum absolute atomic E-state index is 0.0474. The normalized spacial score (nSPS) is 26.1. The topological polar surface area (TPSA) is 67.3 Å². The van der Waals surface area contributed by atoms with E-state index in [9.17, 15) is 4.79 Å². The van der Waals surface area contributed by atoms with E-state index in [0.29, 0.717) is 38.2 Å². The highest BCUT2D eigenvalue weighted by molar-refractivity contribution is 5.93. The molecule has 4 aliphatic heterocycles. The Morgan fingerprint density at radius 3 is 2.73 bits per heavy atom.